The van der Waals surface area contributed by atoms with Gasteiger partial charge in [0.1, 0.15) is 0 Å². The topological polar surface area (TPSA) is 18.5 Å². The molecule has 0 spiro atoms. The second-order valence-corrected chi connectivity index (χ2v) is 7.41. The Kier molecular flexibility index (Phi) is 5.29. The van der Waals surface area contributed by atoms with Crippen LogP contribution in [0.5, 0.6) is 0 Å². The average Bonchev–Trinajstić information content (AvgIpc) is 2.79. The predicted molar refractivity (Wildman–Crippen MR) is 65.9 cm³/mol. The summed E-state index contributed by atoms with van der Waals surface area (Å²) in [6.45, 7) is 2.02. The molecule has 0 heterocycles. The summed E-state index contributed by atoms with van der Waals surface area (Å²) >= 11 is 0. The zero-order chi connectivity index (χ0) is 11.1. The lowest BCUT2D eigenvalue weighted by atomic mass is 10.4. The SMILES string of the molecule is CC=CC=C[Si](OC)(OC)C1CCCC1. The first-order chi connectivity index (χ1) is 7.29. The molecule has 1 fully saturated rings. The van der Waals surface area contributed by atoms with E-state index in [1.165, 1.54) is 25.7 Å². The fourth-order valence-electron chi connectivity index (χ4n) is 2.32. The van der Waals surface area contributed by atoms with E-state index in [2.05, 4.69) is 11.8 Å². The molecule has 1 saturated carbocycles. The highest BCUT2D eigenvalue weighted by atomic mass is 28.4. The Hall–Kier alpha value is -0.383. The highest BCUT2D eigenvalue weighted by Crippen LogP contribution is 2.39. The molecule has 1 aliphatic carbocycles. The smallest absolute Gasteiger partial charge is 0.367 e. The Balaban J connectivity index is 2.75. The van der Waals surface area contributed by atoms with E-state index >= 15 is 0 Å². The third-order valence-electron chi connectivity index (χ3n) is 3.19. The lowest BCUT2D eigenvalue weighted by molar-refractivity contribution is 0.242. The highest BCUT2D eigenvalue weighted by Gasteiger charge is 2.43. The molecule has 0 aromatic carbocycles. The first kappa shape index (κ1) is 12.7. The van der Waals surface area contributed by atoms with Gasteiger partial charge in [-0.05, 0) is 25.5 Å². The van der Waals surface area contributed by atoms with Crippen molar-refractivity contribution in [1.29, 1.82) is 0 Å². The lowest BCUT2D eigenvalue weighted by Crippen LogP contribution is -2.42. The van der Waals surface area contributed by atoms with E-state index < -0.39 is 8.56 Å². The highest BCUT2D eigenvalue weighted by molar-refractivity contribution is 6.74. The molecular formula is C12H22O2Si. The van der Waals surface area contributed by atoms with Gasteiger partial charge >= 0.3 is 8.56 Å². The molecule has 1 rings (SSSR count). The van der Waals surface area contributed by atoms with Gasteiger partial charge in [-0.15, -0.1) is 0 Å². The van der Waals surface area contributed by atoms with Crippen LogP contribution < -0.4 is 0 Å². The minimum absolute atomic E-state index is 0.633. The molecular weight excluding hydrogens is 204 g/mol. The van der Waals surface area contributed by atoms with Gasteiger partial charge in [-0.25, -0.2) is 0 Å². The number of hydrogen-bond acceptors (Lipinski definition) is 2. The molecule has 0 saturated heterocycles. The van der Waals surface area contributed by atoms with Gasteiger partial charge in [0.2, 0.25) is 0 Å². The predicted octanol–water partition coefficient (Wildman–Crippen LogP) is 3.34. The van der Waals surface area contributed by atoms with Crippen molar-refractivity contribution in [3.8, 4) is 0 Å². The summed E-state index contributed by atoms with van der Waals surface area (Å²) in [6, 6.07) is 0. The lowest BCUT2D eigenvalue weighted by Gasteiger charge is -2.29. The molecule has 0 atom stereocenters. The van der Waals surface area contributed by atoms with Crippen LogP contribution in [-0.4, -0.2) is 22.8 Å². The quantitative estimate of drug-likeness (QED) is 0.529. The van der Waals surface area contributed by atoms with Crippen LogP contribution in [0.4, 0.5) is 0 Å². The Morgan fingerprint density at radius 3 is 2.13 bits per heavy atom. The second kappa shape index (κ2) is 6.25. The molecule has 0 aliphatic heterocycles. The van der Waals surface area contributed by atoms with Crippen molar-refractivity contribution in [2.24, 2.45) is 0 Å². The van der Waals surface area contributed by atoms with Gasteiger partial charge in [0, 0.05) is 19.8 Å². The van der Waals surface area contributed by atoms with Gasteiger partial charge in [-0.2, -0.15) is 0 Å². The molecule has 15 heavy (non-hydrogen) atoms. The van der Waals surface area contributed by atoms with Crippen LogP contribution in [0.2, 0.25) is 5.54 Å². The van der Waals surface area contributed by atoms with Crippen LogP contribution in [0.15, 0.2) is 23.9 Å². The summed E-state index contributed by atoms with van der Waals surface area (Å²) in [4.78, 5) is 0. The van der Waals surface area contributed by atoms with Crippen molar-refractivity contribution in [2.75, 3.05) is 14.2 Å². The van der Waals surface area contributed by atoms with Crippen molar-refractivity contribution in [2.45, 2.75) is 38.1 Å². The van der Waals surface area contributed by atoms with Crippen molar-refractivity contribution < 1.29 is 8.85 Å². The molecule has 0 aromatic rings. The Morgan fingerprint density at radius 1 is 1.07 bits per heavy atom. The summed E-state index contributed by atoms with van der Waals surface area (Å²) < 4.78 is 11.4. The van der Waals surface area contributed by atoms with Crippen molar-refractivity contribution in [3.63, 3.8) is 0 Å². The van der Waals surface area contributed by atoms with Crippen molar-refractivity contribution in [3.05, 3.63) is 23.9 Å². The number of allylic oxidation sites excluding steroid dienone is 3. The zero-order valence-electron chi connectivity index (χ0n) is 10.0. The van der Waals surface area contributed by atoms with Crippen LogP contribution in [0.1, 0.15) is 32.6 Å². The molecule has 2 nitrogen and oxygen atoms in total. The molecule has 0 bridgehead atoms. The van der Waals surface area contributed by atoms with Gasteiger partial charge in [-0.1, -0.05) is 31.1 Å². The molecule has 3 heteroatoms. The van der Waals surface area contributed by atoms with Gasteiger partial charge in [0.25, 0.3) is 0 Å². The fourth-order valence-corrected chi connectivity index (χ4v) is 5.29. The summed E-state index contributed by atoms with van der Waals surface area (Å²) in [5, 5.41) is 0. The van der Waals surface area contributed by atoms with Gasteiger partial charge in [0.05, 0.1) is 0 Å². The third kappa shape index (κ3) is 3.03. The Labute approximate surface area is 94.2 Å². The molecule has 0 unspecified atom stereocenters. The van der Waals surface area contributed by atoms with E-state index in [1.807, 2.05) is 19.1 Å². The summed E-state index contributed by atoms with van der Waals surface area (Å²) in [7, 11) is 1.49. The maximum absolute atomic E-state index is 5.71. The fraction of sp³-hybridized carbons (Fsp3) is 0.667. The largest absolute Gasteiger partial charge is 0.394 e. The van der Waals surface area contributed by atoms with Gasteiger partial charge in [0.15, 0.2) is 0 Å². The summed E-state index contributed by atoms with van der Waals surface area (Å²) in [5.74, 6) is 0. The van der Waals surface area contributed by atoms with E-state index in [0.717, 1.165) is 0 Å². The number of hydrogen-bond donors (Lipinski definition) is 0. The van der Waals surface area contributed by atoms with Crippen LogP contribution in [0.3, 0.4) is 0 Å². The maximum atomic E-state index is 5.71. The Bertz CT molecular complexity index is 226. The zero-order valence-corrected chi connectivity index (χ0v) is 11.0. The molecule has 0 radical (unpaired) electrons. The van der Waals surface area contributed by atoms with E-state index in [-0.39, 0.29) is 0 Å². The van der Waals surface area contributed by atoms with Crippen LogP contribution in [-0.2, 0) is 8.85 Å². The van der Waals surface area contributed by atoms with Gasteiger partial charge in [-0.3, -0.25) is 0 Å². The normalized spacial score (nSPS) is 19.7. The Morgan fingerprint density at radius 2 is 1.67 bits per heavy atom. The minimum atomic E-state index is -2.08. The molecule has 0 N–H and O–H groups in total. The minimum Gasteiger partial charge on any atom is -0.394 e. The van der Waals surface area contributed by atoms with Crippen LogP contribution >= 0.6 is 0 Å². The van der Waals surface area contributed by atoms with Crippen LogP contribution in [0, 0.1) is 0 Å². The maximum Gasteiger partial charge on any atom is 0.367 e. The average molecular weight is 226 g/mol. The van der Waals surface area contributed by atoms with Crippen molar-refractivity contribution >= 4 is 8.56 Å². The summed E-state index contributed by atoms with van der Waals surface area (Å²) in [5.41, 5.74) is 2.80. The first-order valence-corrected chi connectivity index (χ1v) is 7.67. The first-order valence-electron chi connectivity index (χ1n) is 5.70. The van der Waals surface area contributed by atoms with Crippen LogP contribution in [0.25, 0.3) is 0 Å². The molecule has 86 valence electrons. The van der Waals surface area contributed by atoms with E-state index in [9.17, 15) is 0 Å². The molecule has 1 aliphatic rings. The molecule has 0 amide bonds. The molecule has 0 aromatic heterocycles. The van der Waals surface area contributed by atoms with Gasteiger partial charge < -0.3 is 8.85 Å². The van der Waals surface area contributed by atoms with E-state index in [0.29, 0.717) is 5.54 Å². The monoisotopic (exact) mass is 226 g/mol. The number of rotatable bonds is 5. The third-order valence-corrected chi connectivity index (χ3v) is 6.84. The van der Waals surface area contributed by atoms with Crippen molar-refractivity contribution in [1.82, 2.24) is 0 Å². The van der Waals surface area contributed by atoms with E-state index in [1.54, 1.807) is 14.2 Å². The standard InChI is InChI=1S/C12H22O2Si/c1-4-5-8-11-15(13-2,14-3)12-9-6-7-10-12/h4-5,8,11-12H,6-7,9-10H2,1-3H3. The van der Waals surface area contributed by atoms with E-state index in [4.69, 9.17) is 8.85 Å². The second-order valence-electron chi connectivity index (χ2n) is 4.00. The summed E-state index contributed by atoms with van der Waals surface area (Å²) in [6.07, 6.45) is 11.3.